The van der Waals surface area contributed by atoms with Crippen molar-refractivity contribution in [3.05, 3.63) is 54.0 Å². The lowest BCUT2D eigenvalue weighted by atomic mass is 10.0. The summed E-state index contributed by atoms with van der Waals surface area (Å²) in [6.45, 7) is 1.07. The molecule has 1 atom stereocenters. The summed E-state index contributed by atoms with van der Waals surface area (Å²) in [5.41, 5.74) is 3.90. The molecule has 1 heterocycles. The normalized spacial score (nSPS) is 12.3. The lowest BCUT2D eigenvalue weighted by molar-refractivity contribution is 0.145. The number of hydrogen-bond acceptors (Lipinski definition) is 5. The van der Waals surface area contributed by atoms with Crippen LogP contribution in [0.15, 0.2) is 47.1 Å². The number of para-hydroxylation sites is 1. The highest BCUT2D eigenvalue weighted by Gasteiger charge is 2.15. The number of hydrogen-bond donors (Lipinski definition) is 2. The Morgan fingerprint density at radius 2 is 2.05 bits per heavy atom. The van der Waals surface area contributed by atoms with Gasteiger partial charge in [-0.1, -0.05) is 18.2 Å². The van der Waals surface area contributed by atoms with E-state index < -0.39 is 0 Å². The minimum atomic E-state index is 0.00819. The third-order valence-corrected chi connectivity index (χ3v) is 3.30. The number of ether oxygens (including phenoxy) is 2. The third-order valence-electron chi connectivity index (χ3n) is 3.30. The molecule has 3 N–H and O–H groups in total. The highest BCUT2D eigenvalue weighted by atomic mass is 16.5. The fraction of sp³-hybridized carbons (Fsp3) is 0.375. The summed E-state index contributed by atoms with van der Waals surface area (Å²) in [5.74, 6) is 7.49. The molecule has 2 rings (SSSR count). The SMILES string of the molecule is COCCOc1ccccc1C(CCc1ccco1)NN. The van der Waals surface area contributed by atoms with Crippen LogP contribution in [0.25, 0.3) is 0 Å². The van der Waals surface area contributed by atoms with Gasteiger partial charge in [-0.05, 0) is 24.6 Å². The molecule has 0 saturated carbocycles. The van der Waals surface area contributed by atoms with Crippen molar-refractivity contribution in [1.29, 1.82) is 0 Å². The fourth-order valence-corrected chi connectivity index (χ4v) is 2.20. The van der Waals surface area contributed by atoms with Gasteiger partial charge in [0.1, 0.15) is 18.1 Å². The van der Waals surface area contributed by atoms with Crippen LogP contribution < -0.4 is 16.0 Å². The highest BCUT2D eigenvalue weighted by molar-refractivity contribution is 5.36. The van der Waals surface area contributed by atoms with Gasteiger partial charge in [-0.2, -0.15) is 0 Å². The molecule has 0 fully saturated rings. The van der Waals surface area contributed by atoms with Gasteiger partial charge in [0.25, 0.3) is 0 Å². The van der Waals surface area contributed by atoms with Crippen molar-refractivity contribution in [2.45, 2.75) is 18.9 Å². The second kappa shape index (κ2) is 8.46. The van der Waals surface area contributed by atoms with E-state index in [0.29, 0.717) is 13.2 Å². The first-order chi connectivity index (χ1) is 10.3. The van der Waals surface area contributed by atoms with Gasteiger partial charge in [0.05, 0.1) is 18.9 Å². The molecule has 0 aliphatic rings. The summed E-state index contributed by atoms with van der Waals surface area (Å²) in [7, 11) is 1.66. The van der Waals surface area contributed by atoms with Gasteiger partial charge in [0.15, 0.2) is 0 Å². The summed E-state index contributed by atoms with van der Waals surface area (Å²) in [5, 5.41) is 0. The van der Waals surface area contributed by atoms with E-state index in [2.05, 4.69) is 5.43 Å². The highest BCUT2D eigenvalue weighted by Crippen LogP contribution is 2.27. The Bertz CT molecular complexity index is 514. The summed E-state index contributed by atoms with van der Waals surface area (Å²) < 4.78 is 16.1. The van der Waals surface area contributed by atoms with E-state index >= 15 is 0 Å². The van der Waals surface area contributed by atoms with Crippen molar-refractivity contribution in [3.63, 3.8) is 0 Å². The molecule has 0 radical (unpaired) electrons. The molecule has 114 valence electrons. The first kappa shape index (κ1) is 15.6. The van der Waals surface area contributed by atoms with Gasteiger partial charge < -0.3 is 13.9 Å². The molecule has 0 spiro atoms. The van der Waals surface area contributed by atoms with E-state index in [9.17, 15) is 0 Å². The van der Waals surface area contributed by atoms with Gasteiger partial charge in [-0.15, -0.1) is 0 Å². The topological polar surface area (TPSA) is 69.7 Å². The first-order valence-electron chi connectivity index (χ1n) is 7.04. The largest absolute Gasteiger partial charge is 0.491 e. The monoisotopic (exact) mass is 290 g/mol. The number of hydrazine groups is 1. The molecule has 1 aromatic carbocycles. The molecule has 0 saturated heterocycles. The summed E-state index contributed by atoms with van der Waals surface area (Å²) >= 11 is 0. The number of nitrogens with two attached hydrogens (primary N) is 1. The average Bonchev–Trinajstić information content (AvgIpc) is 3.03. The first-order valence-corrected chi connectivity index (χ1v) is 7.04. The smallest absolute Gasteiger partial charge is 0.124 e. The van der Waals surface area contributed by atoms with Gasteiger partial charge in [-0.3, -0.25) is 11.3 Å². The maximum atomic E-state index is 5.75. The standard InChI is InChI=1S/C16H22N2O3/c1-19-11-12-21-16-7-3-2-6-14(16)15(18-17)9-8-13-5-4-10-20-13/h2-7,10,15,18H,8-9,11-12,17H2,1H3. The number of nitrogens with one attached hydrogen (secondary N) is 1. The molecule has 0 amide bonds. The predicted octanol–water partition coefficient (Wildman–Crippen LogP) is 2.44. The average molecular weight is 290 g/mol. The van der Waals surface area contributed by atoms with Crippen LogP contribution in [0.4, 0.5) is 0 Å². The van der Waals surface area contributed by atoms with Crippen molar-refractivity contribution < 1.29 is 13.9 Å². The lowest BCUT2D eigenvalue weighted by Crippen LogP contribution is -2.29. The maximum absolute atomic E-state index is 5.75. The van der Waals surface area contributed by atoms with Crippen LogP contribution in [0, 0.1) is 0 Å². The molecule has 21 heavy (non-hydrogen) atoms. The Hall–Kier alpha value is -1.82. The van der Waals surface area contributed by atoms with Gasteiger partial charge in [-0.25, -0.2) is 0 Å². The zero-order chi connectivity index (χ0) is 14.9. The molecular formula is C16H22N2O3. The Morgan fingerprint density at radius 3 is 2.76 bits per heavy atom. The number of rotatable bonds is 9. The second-order valence-corrected chi connectivity index (χ2v) is 4.72. The number of aryl methyl sites for hydroxylation is 1. The zero-order valence-corrected chi connectivity index (χ0v) is 12.2. The van der Waals surface area contributed by atoms with E-state index in [1.54, 1.807) is 13.4 Å². The molecule has 0 bridgehead atoms. The summed E-state index contributed by atoms with van der Waals surface area (Å²) in [6, 6.07) is 11.8. The Kier molecular flexibility index (Phi) is 6.27. The van der Waals surface area contributed by atoms with Crippen LogP contribution in [0.1, 0.15) is 23.8 Å². The van der Waals surface area contributed by atoms with Crippen LogP contribution in [0.2, 0.25) is 0 Å². The number of methoxy groups -OCH3 is 1. The van der Waals surface area contributed by atoms with Crippen molar-refractivity contribution in [3.8, 4) is 5.75 Å². The van der Waals surface area contributed by atoms with E-state index in [1.165, 1.54) is 0 Å². The second-order valence-electron chi connectivity index (χ2n) is 4.72. The quantitative estimate of drug-likeness (QED) is 0.422. The number of benzene rings is 1. The van der Waals surface area contributed by atoms with E-state index in [4.69, 9.17) is 19.7 Å². The van der Waals surface area contributed by atoms with Crippen LogP contribution in [-0.4, -0.2) is 20.3 Å². The summed E-state index contributed by atoms with van der Waals surface area (Å²) in [6.07, 6.45) is 3.32. The Balaban J connectivity index is 2.02. The molecule has 1 aromatic heterocycles. The van der Waals surface area contributed by atoms with Crippen LogP contribution >= 0.6 is 0 Å². The van der Waals surface area contributed by atoms with Gasteiger partial charge >= 0.3 is 0 Å². The fourth-order valence-electron chi connectivity index (χ4n) is 2.20. The molecule has 5 nitrogen and oxygen atoms in total. The van der Waals surface area contributed by atoms with E-state index in [1.807, 2.05) is 36.4 Å². The van der Waals surface area contributed by atoms with Gasteiger partial charge in [0, 0.05) is 19.1 Å². The van der Waals surface area contributed by atoms with Crippen molar-refractivity contribution >= 4 is 0 Å². The van der Waals surface area contributed by atoms with Crippen molar-refractivity contribution in [2.24, 2.45) is 5.84 Å². The summed E-state index contributed by atoms with van der Waals surface area (Å²) in [4.78, 5) is 0. The molecule has 0 aliphatic carbocycles. The van der Waals surface area contributed by atoms with Crippen molar-refractivity contribution in [2.75, 3.05) is 20.3 Å². The molecule has 1 unspecified atom stereocenters. The lowest BCUT2D eigenvalue weighted by Gasteiger charge is -2.19. The molecule has 0 aliphatic heterocycles. The maximum Gasteiger partial charge on any atom is 0.124 e. The van der Waals surface area contributed by atoms with Crippen LogP contribution in [-0.2, 0) is 11.2 Å². The molecule has 5 heteroatoms. The molecular weight excluding hydrogens is 268 g/mol. The third kappa shape index (κ3) is 4.60. The minimum Gasteiger partial charge on any atom is -0.491 e. The molecule has 2 aromatic rings. The van der Waals surface area contributed by atoms with Crippen molar-refractivity contribution in [1.82, 2.24) is 5.43 Å². The Labute approximate surface area is 125 Å². The van der Waals surface area contributed by atoms with Crippen LogP contribution in [0.3, 0.4) is 0 Å². The van der Waals surface area contributed by atoms with E-state index in [0.717, 1.165) is 29.9 Å². The number of furan rings is 1. The van der Waals surface area contributed by atoms with Crippen LogP contribution in [0.5, 0.6) is 5.75 Å². The van der Waals surface area contributed by atoms with Gasteiger partial charge in [0.2, 0.25) is 0 Å². The predicted molar refractivity (Wildman–Crippen MR) is 80.9 cm³/mol. The Morgan fingerprint density at radius 1 is 1.19 bits per heavy atom. The minimum absolute atomic E-state index is 0.00819. The van der Waals surface area contributed by atoms with E-state index in [-0.39, 0.29) is 6.04 Å². The zero-order valence-electron chi connectivity index (χ0n) is 12.2.